The van der Waals surface area contributed by atoms with E-state index in [0.717, 1.165) is 12.1 Å². The molecule has 0 aromatic heterocycles. The molecule has 0 saturated carbocycles. The van der Waals surface area contributed by atoms with E-state index in [2.05, 4.69) is 5.32 Å². The molecular formula is C11H14F2N2O2S. The summed E-state index contributed by atoms with van der Waals surface area (Å²) in [5, 5.41) is 3.06. The SMILES string of the molecule is C[C@H]1CNCCN1S(=O)(=O)c1cc(F)cc(F)c1. The third-order valence-electron chi connectivity index (χ3n) is 2.88. The molecule has 1 aromatic rings. The highest BCUT2D eigenvalue weighted by molar-refractivity contribution is 7.89. The molecule has 7 heteroatoms. The smallest absolute Gasteiger partial charge is 0.243 e. The Morgan fingerprint density at radius 1 is 1.28 bits per heavy atom. The molecule has 100 valence electrons. The zero-order chi connectivity index (χ0) is 13.3. The minimum atomic E-state index is -3.84. The standard InChI is InChI=1S/C11H14F2N2O2S/c1-8-7-14-2-3-15(8)18(16,17)11-5-9(12)4-10(13)6-11/h4-6,8,14H,2-3,7H2,1H3/t8-/m0/s1. The van der Waals surface area contributed by atoms with Crippen LogP contribution in [0.2, 0.25) is 0 Å². The van der Waals surface area contributed by atoms with Gasteiger partial charge in [0.05, 0.1) is 4.90 Å². The van der Waals surface area contributed by atoms with Crippen LogP contribution >= 0.6 is 0 Å². The molecule has 2 rings (SSSR count). The van der Waals surface area contributed by atoms with Crippen molar-refractivity contribution in [3.63, 3.8) is 0 Å². The van der Waals surface area contributed by atoms with E-state index in [9.17, 15) is 17.2 Å². The predicted molar refractivity (Wildman–Crippen MR) is 62.6 cm³/mol. The van der Waals surface area contributed by atoms with Gasteiger partial charge in [0.1, 0.15) is 11.6 Å². The molecule has 1 heterocycles. The van der Waals surface area contributed by atoms with E-state index < -0.39 is 21.7 Å². The zero-order valence-corrected chi connectivity index (χ0v) is 10.7. The van der Waals surface area contributed by atoms with Crippen molar-refractivity contribution < 1.29 is 17.2 Å². The molecule has 1 fully saturated rings. The van der Waals surface area contributed by atoms with Crippen LogP contribution in [0, 0.1) is 11.6 Å². The molecule has 1 aromatic carbocycles. The van der Waals surface area contributed by atoms with Gasteiger partial charge in [-0.3, -0.25) is 0 Å². The Morgan fingerprint density at radius 2 is 1.89 bits per heavy atom. The van der Waals surface area contributed by atoms with E-state index in [1.807, 2.05) is 0 Å². The lowest BCUT2D eigenvalue weighted by Crippen LogP contribution is -2.52. The largest absolute Gasteiger partial charge is 0.314 e. The number of nitrogens with zero attached hydrogens (tertiary/aromatic N) is 1. The molecular weight excluding hydrogens is 262 g/mol. The Bertz CT molecular complexity index is 528. The van der Waals surface area contributed by atoms with Crippen LogP contribution in [0.3, 0.4) is 0 Å². The van der Waals surface area contributed by atoms with E-state index in [4.69, 9.17) is 0 Å². The third-order valence-corrected chi connectivity index (χ3v) is 4.87. The Balaban J connectivity index is 2.40. The maximum Gasteiger partial charge on any atom is 0.243 e. The first-order valence-electron chi connectivity index (χ1n) is 5.60. The molecule has 1 aliphatic rings. The number of piperazine rings is 1. The summed E-state index contributed by atoms with van der Waals surface area (Å²) < 4.78 is 52.0. The molecule has 0 unspecified atom stereocenters. The van der Waals surface area contributed by atoms with Gasteiger partial charge < -0.3 is 5.32 Å². The van der Waals surface area contributed by atoms with Crippen LogP contribution in [0.25, 0.3) is 0 Å². The van der Waals surface area contributed by atoms with Crippen molar-refractivity contribution in [3.05, 3.63) is 29.8 Å². The molecule has 0 radical (unpaired) electrons. The number of rotatable bonds is 2. The van der Waals surface area contributed by atoms with Crippen molar-refractivity contribution >= 4 is 10.0 Å². The molecule has 18 heavy (non-hydrogen) atoms. The van der Waals surface area contributed by atoms with Gasteiger partial charge in [-0.2, -0.15) is 4.31 Å². The van der Waals surface area contributed by atoms with Crippen LogP contribution < -0.4 is 5.32 Å². The monoisotopic (exact) mass is 276 g/mol. The second-order valence-electron chi connectivity index (χ2n) is 4.27. The van der Waals surface area contributed by atoms with Gasteiger partial charge in [-0.15, -0.1) is 0 Å². The Labute approximate surface area is 105 Å². The molecule has 1 aliphatic heterocycles. The average molecular weight is 276 g/mol. The van der Waals surface area contributed by atoms with Crippen molar-refractivity contribution in [1.82, 2.24) is 9.62 Å². The highest BCUT2D eigenvalue weighted by atomic mass is 32.2. The number of sulfonamides is 1. The maximum absolute atomic E-state index is 13.1. The fourth-order valence-electron chi connectivity index (χ4n) is 1.99. The minimum absolute atomic E-state index is 0.241. The summed E-state index contributed by atoms with van der Waals surface area (Å²) in [6, 6.07) is 2.09. The van der Waals surface area contributed by atoms with Gasteiger partial charge >= 0.3 is 0 Å². The molecule has 0 bridgehead atoms. The average Bonchev–Trinajstić information content (AvgIpc) is 2.28. The van der Waals surface area contributed by atoms with Crippen molar-refractivity contribution in [2.24, 2.45) is 0 Å². The lowest BCUT2D eigenvalue weighted by Gasteiger charge is -2.32. The van der Waals surface area contributed by atoms with Crippen molar-refractivity contribution in [1.29, 1.82) is 0 Å². The van der Waals surface area contributed by atoms with E-state index >= 15 is 0 Å². The van der Waals surface area contributed by atoms with E-state index in [1.165, 1.54) is 4.31 Å². The molecule has 0 aliphatic carbocycles. The Hall–Kier alpha value is -1.05. The lowest BCUT2D eigenvalue weighted by atomic mass is 10.3. The van der Waals surface area contributed by atoms with E-state index in [1.54, 1.807) is 6.92 Å². The number of halogens is 2. The summed E-state index contributed by atoms with van der Waals surface area (Å²) in [5.74, 6) is -1.78. The van der Waals surface area contributed by atoms with Gasteiger partial charge in [-0.1, -0.05) is 0 Å². The quantitative estimate of drug-likeness (QED) is 0.875. The molecule has 1 saturated heterocycles. The molecule has 4 nitrogen and oxygen atoms in total. The topological polar surface area (TPSA) is 49.4 Å². The Kier molecular flexibility index (Phi) is 3.65. The van der Waals surface area contributed by atoms with Gasteiger partial charge in [0.25, 0.3) is 0 Å². The summed E-state index contributed by atoms with van der Waals surface area (Å²) in [4.78, 5) is -0.339. The van der Waals surface area contributed by atoms with Crippen LogP contribution in [0.4, 0.5) is 8.78 Å². The second kappa shape index (κ2) is 4.91. The highest BCUT2D eigenvalue weighted by Crippen LogP contribution is 2.21. The zero-order valence-electron chi connectivity index (χ0n) is 9.86. The van der Waals surface area contributed by atoms with Crippen molar-refractivity contribution in [3.8, 4) is 0 Å². The van der Waals surface area contributed by atoms with Gasteiger partial charge in [0, 0.05) is 31.7 Å². The number of hydrogen-bond donors (Lipinski definition) is 1. The first kappa shape index (κ1) is 13.4. The van der Waals surface area contributed by atoms with Crippen LogP contribution in [0.5, 0.6) is 0 Å². The third kappa shape index (κ3) is 2.52. The fraction of sp³-hybridized carbons (Fsp3) is 0.455. The normalized spacial score (nSPS) is 22.1. The van der Waals surface area contributed by atoms with Crippen LogP contribution in [-0.2, 0) is 10.0 Å². The Morgan fingerprint density at radius 3 is 2.44 bits per heavy atom. The van der Waals surface area contributed by atoms with Crippen LogP contribution in [0.1, 0.15) is 6.92 Å². The fourth-order valence-corrected chi connectivity index (χ4v) is 3.67. The second-order valence-corrected chi connectivity index (χ2v) is 6.16. The van der Waals surface area contributed by atoms with Crippen molar-refractivity contribution in [2.75, 3.05) is 19.6 Å². The van der Waals surface area contributed by atoms with Crippen molar-refractivity contribution in [2.45, 2.75) is 17.9 Å². The molecule has 0 spiro atoms. The van der Waals surface area contributed by atoms with Gasteiger partial charge in [-0.05, 0) is 19.1 Å². The number of benzene rings is 1. The summed E-state index contributed by atoms with van der Waals surface area (Å²) in [7, 11) is -3.84. The summed E-state index contributed by atoms with van der Waals surface area (Å²) >= 11 is 0. The maximum atomic E-state index is 13.1. The minimum Gasteiger partial charge on any atom is -0.314 e. The molecule has 0 amide bonds. The first-order chi connectivity index (χ1) is 8.41. The predicted octanol–water partition coefficient (Wildman–Crippen LogP) is 0.947. The van der Waals surface area contributed by atoms with Crippen LogP contribution in [0.15, 0.2) is 23.1 Å². The van der Waals surface area contributed by atoms with Gasteiger partial charge in [0.15, 0.2) is 0 Å². The van der Waals surface area contributed by atoms with Crippen LogP contribution in [-0.4, -0.2) is 38.4 Å². The number of nitrogens with one attached hydrogen (secondary N) is 1. The molecule has 1 N–H and O–H groups in total. The lowest BCUT2D eigenvalue weighted by molar-refractivity contribution is 0.283. The van der Waals surface area contributed by atoms with E-state index in [-0.39, 0.29) is 10.9 Å². The van der Waals surface area contributed by atoms with E-state index in [0.29, 0.717) is 25.7 Å². The summed E-state index contributed by atoms with van der Waals surface area (Å²) in [5.41, 5.74) is 0. The highest BCUT2D eigenvalue weighted by Gasteiger charge is 2.31. The molecule has 1 atom stereocenters. The van der Waals surface area contributed by atoms with Gasteiger partial charge in [0.2, 0.25) is 10.0 Å². The first-order valence-corrected chi connectivity index (χ1v) is 7.04. The van der Waals surface area contributed by atoms with Gasteiger partial charge in [-0.25, -0.2) is 17.2 Å². The summed E-state index contributed by atoms with van der Waals surface area (Å²) in [6.45, 7) is 3.10. The summed E-state index contributed by atoms with van der Waals surface area (Å²) in [6.07, 6.45) is 0. The number of hydrogen-bond acceptors (Lipinski definition) is 3.